The minimum atomic E-state index is -3.94. The van der Waals surface area contributed by atoms with Crippen molar-refractivity contribution in [2.75, 3.05) is 6.54 Å². The Labute approximate surface area is 173 Å². The Balaban J connectivity index is 2.33. The van der Waals surface area contributed by atoms with Crippen molar-refractivity contribution in [1.82, 2.24) is 9.62 Å². The van der Waals surface area contributed by atoms with Crippen molar-refractivity contribution in [2.45, 2.75) is 50.5 Å². The molecule has 0 heterocycles. The molecule has 29 heavy (non-hydrogen) atoms. The zero-order valence-corrected chi connectivity index (χ0v) is 18.0. The number of benzene rings is 2. The van der Waals surface area contributed by atoms with E-state index in [9.17, 15) is 18.5 Å². The van der Waals surface area contributed by atoms with Crippen molar-refractivity contribution in [2.24, 2.45) is 0 Å². The Bertz CT molecular complexity index is 973. The third-order valence-corrected chi connectivity index (χ3v) is 6.10. The van der Waals surface area contributed by atoms with Gasteiger partial charge in [0, 0.05) is 6.54 Å². The number of hydrogen-bond donors (Lipinski definition) is 1. The maximum atomic E-state index is 12.9. The number of amides is 1. The van der Waals surface area contributed by atoms with Crippen LogP contribution in [0.4, 0.5) is 0 Å². The Morgan fingerprint density at radius 1 is 1.10 bits per heavy atom. The van der Waals surface area contributed by atoms with Crippen molar-refractivity contribution in [3.05, 3.63) is 65.7 Å². The highest BCUT2D eigenvalue weighted by molar-refractivity contribution is 7.89. The average Bonchev–Trinajstić information content (AvgIpc) is 2.68. The number of nitrogens with one attached hydrogen (secondary N) is 1. The van der Waals surface area contributed by atoms with Gasteiger partial charge >= 0.3 is 0 Å². The summed E-state index contributed by atoms with van der Waals surface area (Å²) in [5.74, 6) is -0.575. The molecule has 0 bridgehead atoms. The number of likely N-dealkylation sites (N-methyl/N-ethyl adjacent to an activating group) is 1. The first-order chi connectivity index (χ1) is 13.6. The summed E-state index contributed by atoms with van der Waals surface area (Å²) in [6.45, 7) is 7.97. The third-order valence-electron chi connectivity index (χ3n) is 4.61. The maximum absolute atomic E-state index is 12.9. The molecule has 0 saturated carbocycles. The summed E-state index contributed by atoms with van der Waals surface area (Å²) in [6, 6.07) is 14.6. The van der Waals surface area contributed by atoms with Crippen LogP contribution in [-0.4, -0.2) is 31.8 Å². The molecule has 1 atom stereocenters. The number of sulfonamides is 1. The number of rotatable bonds is 7. The van der Waals surface area contributed by atoms with Gasteiger partial charge in [-0.15, -0.1) is 0 Å². The monoisotopic (exact) mass is 413 g/mol. The van der Waals surface area contributed by atoms with Crippen molar-refractivity contribution in [1.29, 1.82) is 5.26 Å². The molecule has 0 saturated heterocycles. The molecular weight excluding hydrogens is 386 g/mol. The lowest BCUT2D eigenvalue weighted by atomic mass is 9.87. The zero-order chi connectivity index (χ0) is 21.7. The molecule has 0 aliphatic carbocycles. The van der Waals surface area contributed by atoms with E-state index < -0.39 is 22.0 Å². The molecule has 1 N–H and O–H groups in total. The van der Waals surface area contributed by atoms with Crippen LogP contribution in [0.3, 0.4) is 0 Å². The number of nitriles is 1. The van der Waals surface area contributed by atoms with Gasteiger partial charge in [-0.1, -0.05) is 63.2 Å². The summed E-state index contributed by atoms with van der Waals surface area (Å²) in [5.41, 5.74) is 1.70. The van der Waals surface area contributed by atoms with E-state index in [1.807, 2.05) is 57.3 Å². The molecule has 2 aromatic rings. The van der Waals surface area contributed by atoms with E-state index in [0.717, 1.165) is 16.0 Å². The molecule has 0 aliphatic rings. The second-order valence-electron chi connectivity index (χ2n) is 7.82. The van der Waals surface area contributed by atoms with E-state index in [-0.39, 0.29) is 23.3 Å². The fourth-order valence-electron chi connectivity index (χ4n) is 2.88. The van der Waals surface area contributed by atoms with Crippen molar-refractivity contribution in [3.8, 4) is 6.19 Å². The smallest absolute Gasteiger partial charge is 0.254 e. The Hall–Kier alpha value is -2.69. The van der Waals surface area contributed by atoms with Crippen LogP contribution in [0, 0.1) is 11.5 Å². The minimum absolute atomic E-state index is 0.0800. The second-order valence-corrected chi connectivity index (χ2v) is 9.53. The minimum Gasteiger partial charge on any atom is -0.272 e. The van der Waals surface area contributed by atoms with Gasteiger partial charge in [-0.05, 0) is 42.0 Å². The molecular formula is C22H27N3O3S. The summed E-state index contributed by atoms with van der Waals surface area (Å²) < 4.78 is 28.4. The predicted octanol–water partition coefficient (Wildman–Crippen LogP) is 3.20. The van der Waals surface area contributed by atoms with Crippen LogP contribution in [0.25, 0.3) is 0 Å². The lowest BCUT2D eigenvalue weighted by Crippen LogP contribution is -2.48. The molecule has 0 fully saturated rings. The second kappa shape index (κ2) is 9.21. The van der Waals surface area contributed by atoms with Crippen LogP contribution < -0.4 is 4.72 Å². The summed E-state index contributed by atoms with van der Waals surface area (Å²) in [4.78, 5) is 13.8. The van der Waals surface area contributed by atoms with Gasteiger partial charge in [0.2, 0.25) is 10.0 Å². The summed E-state index contributed by atoms with van der Waals surface area (Å²) in [5, 5.41) is 9.21. The highest BCUT2D eigenvalue weighted by Crippen LogP contribution is 2.23. The van der Waals surface area contributed by atoms with Crippen LogP contribution >= 0.6 is 0 Å². The summed E-state index contributed by atoms with van der Waals surface area (Å²) in [7, 11) is -3.94. The molecule has 0 radical (unpaired) electrons. The van der Waals surface area contributed by atoms with E-state index in [4.69, 9.17) is 0 Å². The number of carbonyl (C=O) groups is 1. The van der Waals surface area contributed by atoms with Gasteiger partial charge in [-0.2, -0.15) is 9.98 Å². The van der Waals surface area contributed by atoms with Gasteiger partial charge in [-0.3, -0.25) is 4.79 Å². The SMILES string of the molecule is CCN(C#N)C(=O)C(Cc1ccccc1)NS(=O)(=O)c1ccc(C(C)(C)C)cc1. The van der Waals surface area contributed by atoms with Crippen molar-refractivity contribution < 1.29 is 13.2 Å². The molecule has 2 aromatic carbocycles. The maximum Gasteiger partial charge on any atom is 0.254 e. The summed E-state index contributed by atoms with van der Waals surface area (Å²) >= 11 is 0. The van der Waals surface area contributed by atoms with Crippen LogP contribution in [0.15, 0.2) is 59.5 Å². The van der Waals surface area contributed by atoms with E-state index >= 15 is 0 Å². The van der Waals surface area contributed by atoms with Crippen LogP contribution in [-0.2, 0) is 26.7 Å². The fourth-order valence-corrected chi connectivity index (χ4v) is 4.07. The summed E-state index contributed by atoms with van der Waals surface area (Å²) in [6.07, 6.45) is 1.97. The first-order valence-corrected chi connectivity index (χ1v) is 10.9. The zero-order valence-electron chi connectivity index (χ0n) is 17.2. The van der Waals surface area contributed by atoms with Crippen LogP contribution in [0.5, 0.6) is 0 Å². The highest BCUT2D eigenvalue weighted by atomic mass is 32.2. The average molecular weight is 414 g/mol. The Kier molecular flexibility index (Phi) is 7.17. The number of nitrogens with zero attached hydrogens (tertiary/aromatic N) is 2. The molecule has 154 valence electrons. The predicted molar refractivity (Wildman–Crippen MR) is 112 cm³/mol. The van der Waals surface area contributed by atoms with Crippen molar-refractivity contribution >= 4 is 15.9 Å². The van der Waals surface area contributed by atoms with Gasteiger partial charge in [0.15, 0.2) is 6.19 Å². The lowest BCUT2D eigenvalue weighted by molar-refractivity contribution is -0.129. The Morgan fingerprint density at radius 2 is 1.69 bits per heavy atom. The Morgan fingerprint density at radius 3 is 2.17 bits per heavy atom. The molecule has 2 rings (SSSR count). The fraction of sp³-hybridized carbons (Fsp3) is 0.364. The lowest BCUT2D eigenvalue weighted by Gasteiger charge is -2.22. The van der Waals surface area contributed by atoms with Gasteiger partial charge in [0.1, 0.15) is 6.04 Å². The van der Waals surface area contributed by atoms with Gasteiger partial charge in [0.25, 0.3) is 5.91 Å². The first-order valence-electron chi connectivity index (χ1n) is 9.46. The van der Waals surface area contributed by atoms with Gasteiger partial charge in [-0.25, -0.2) is 13.3 Å². The topological polar surface area (TPSA) is 90.3 Å². The first kappa shape index (κ1) is 22.6. The molecule has 0 spiro atoms. The largest absolute Gasteiger partial charge is 0.272 e. The van der Waals surface area contributed by atoms with E-state index in [0.29, 0.717) is 0 Å². The van der Waals surface area contributed by atoms with E-state index in [1.54, 1.807) is 19.1 Å². The third kappa shape index (κ3) is 5.89. The molecule has 6 nitrogen and oxygen atoms in total. The van der Waals surface area contributed by atoms with Crippen LogP contribution in [0.1, 0.15) is 38.8 Å². The van der Waals surface area contributed by atoms with Crippen LogP contribution in [0.2, 0.25) is 0 Å². The van der Waals surface area contributed by atoms with Gasteiger partial charge < -0.3 is 0 Å². The molecule has 0 aromatic heterocycles. The molecule has 0 aliphatic heterocycles. The molecule has 7 heteroatoms. The molecule has 1 unspecified atom stereocenters. The standard InChI is InChI=1S/C22H27N3O3S/c1-5-25(16-23)21(26)20(15-17-9-7-6-8-10-17)24-29(27,28)19-13-11-18(12-14-19)22(2,3)4/h6-14,20,24H,5,15H2,1-4H3. The number of hydrogen-bond acceptors (Lipinski definition) is 4. The van der Waals surface area contributed by atoms with Gasteiger partial charge in [0.05, 0.1) is 4.90 Å². The number of carbonyl (C=O) groups excluding carboxylic acids is 1. The van der Waals surface area contributed by atoms with E-state index in [2.05, 4.69) is 4.72 Å². The van der Waals surface area contributed by atoms with Crippen molar-refractivity contribution in [3.63, 3.8) is 0 Å². The normalized spacial score (nSPS) is 12.8. The quantitative estimate of drug-likeness (QED) is 0.557. The highest BCUT2D eigenvalue weighted by Gasteiger charge is 2.29. The molecule has 1 amide bonds. The van der Waals surface area contributed by atoms with E-state index in [1.165, 1.54) is 12.1 Å².